The molecule has 3 heteroatoms. The molecule has 0 saturated carbocycles. The standard InChI is InChI=1S/C10H6FNO/c11-8-4-9(13)10-6(5-12)2-1-3-7(8)10/h1-3,8H,4H2. The van der Waals surface area contributed by atoms with E-state index in [2.05, 4.69) is 0 Å². The van der Waals surface area contributed by atoms with Crippen LogP contribution in [0.25, 0.3) is 0 Å². The minimum absolute atomic E-state index is 0.117. The third kappa shape index (κ3) is 1.03. The van der Waals surface area contributed by atoms with Gasteiger partial charge < -0.3 is 0 Å². The average molecular weight is 175 g/mol. The van der Waals surface area contributed by atoms with E-state index in [1.165, 1.54) is 6.07 Å². The molecule has 0 aromatic heterocycles. The van der Waals surface area contributed by atoms with Gasteiger partial charge in [0.05, 0.1) is 11.6 Å². The van der Waals surface area contributed by atoms with Gasteiger partial charge in [0, 0.05) is 12.0 Å². The van der Waals surface area contributed by atoms with Crippen molar-refractivity contribution in [3.8, 4) is 6.07 Å². The summed E-state index contributed by atoms with van der Waals surface area (Å²) in [6.07, 6.45) is -1.34. The molecule has 2 nitrogen and oxygen atoms in total. The van der Waals surface area contributed by atoms with Gasteiger partial charge in [-0.3, -0.25) is 4.79 Å². The first kappa shape index (κ1) is 7.93. The summed E-state index contributed by atoms with van der Waals surface area (Å²) in [5.41, 5.74) is 0.921. The van der Waals surface area contributed by atoms with Gasteiger partial charge >= 0.3 is 0 Å². The Hall–Kier alpha value is -1.69. The van der Waals surface area contributed by atoms with E-state index in [0.717, 1.165) is 0 Å². The molecule has 0 spiro atoms. The summed E-state index contributed by atoms with van der Waals surface area (Å²) in [7, 11) is 0. The fraction of sp³-hybridized carbons (Fsp3) is 0.200. The number of carbonyl (C=O) groups is 1. The Balaban J connectivity index is 2.71. The number of Topliss-reactive ketones (excluding diaryl/α,β-unsaturated/α-hetero) is 1. The molecule has 0 N–H and O–H groups in total. The van der Waals surface area contributed by atoms with Crippen LogP contribution < -0.4 is 0 Å². The van der Waals surface area contributed by atoms with E-state index in [4.69, 9.17) is 5.26 Å². The van der Waals surface area contributed by atoms with E-state index < -0.39 is 6.17 Å². The first-order valence-corrected chi connectivity index (χ1v) is 3.94. The van der Waals surface area contributed by atoms with Gasteiger partial charge in [-0.15, -0.1) is 0 Å². The largest absolute Gasteiger partial charge is 0.294 e. The van der Waals surface area contributed by atoms with Crippen LogP contribution in [0, 0.1) is 11.3 Å². The maximum absolute atomic E-state index is 13.2. The van der Waals surface area contributed by atoms with Gasteiger partial charge in [0.15, 0.2) is 5.78 Å². The van der Waals surface area contributed by atoms with E-state index in [1.807, 2.05) is 6.07 Å². The van der Waals surface area contributed by atoms with Crippen LogP contribution in [0.2, 0.25) is 0 Å². The van der Waals surface area contributed by atoms with Crippen LogP contribution in [0.1, 0.15) is 34.1 Å². The summed E-state index contributed by atoms with van der Waals surface area (Å²) in [5.74, 6) is -0.264. The third-order valence-corrected chi connectivity index (χ3v) is 2.20. The zero-order valence-corrected chi connectivity index (χ0v) is 6.75. The summed E-state index contributed by atoms with van der Waals surface area (Å²) in [4.78, 5) is 11.3. The second-order valence-corrected chi connectivity index (χ2v) is 2.98. The van der Waals surface area contributed by atoms with Crippen molar-refractivity contribution in [2.24, 2.45) is 0 Å². The van der Waals surface area contributed by atoms with Crippen LogP contribution in [-0.2, 0) is 0 Å². The molecule has 1 atom stereocenters. The van der Waals surface area contributed by atoms with Crippen molar-refractivity contribution in [2.75, 3.05) is 0 Å². The maximum atomic E-state index is 13.2. The number of rotatable bonds is 0. The predicted octanol–water partition coefficient (Wildman–Crippen LogP) is 2.16. The van der Waals surface area contributed by atoms with Gasteiger partial charge in [0.2, 0.25) is 0 Å². The number of hydrogen-bond acceptors (Lipinski definition) is 2. The quantitative estimate of drug-likeness (QED) is 0.606. The lowest BCUT2D eigenvalue weighted by atomic mass is 10.0. The molecular weight excluding hydrogens is 169 g/mol. The van der Waals surface area contributed by atoms with E-state index in [9.17, 15) is 9.18 Å². The Labute approximate surface area is 74.6 Å². The summed E-state index contributed by atoms with van der Waals surface area (Å²) >= 11 is 0. The van der Waals surface area contributed by atoms with E-state index in [1.54, 1.807) is 12.1 Å². The van der Waals surface area contributed by atoms with Gasteiger partial charge in [-0.25, -0.2) is 4.39 Å². The number of alkyl halides is 1. The van der Waals surface area contributed by atoms with Gasteiger partial charge in [-0.2, -0.15) is 5.26 Å². The number of nitrogens with zero attached hydrogens (tertiary/aromatic N) is 1. The van der Waals surface area contributed by atoms with Crippen LogP contribution >= 0.6 is 0 Å². The highest BCUT2D eigenvalue weighted by atomic mass is 19.1. The van der Waals surface area contributed by atoms with Crippen LogP contribution in [0.5, 0.6) is 0 Å². The second-order valence-electron chi connectivity index (χ2n) is 2.98. The molecular formula is C10H6FNO. The Morgan fingerprint density at radius 2 is 2.31 bits per heavy atom. The summed E-state index contributed by atoms with van der Waals surface area (Å²) in [6, 6.07) is 6.59. The molecule has 2 rings (SSSR count). The monoisotopic (exact) mass is 175 g/mol. The van der Waals surface area contributed by atoms with Crippen molar-refractivity contribution < 1.29 is 9.18 Å². The van der Waals surface area contributed by atoms with Crippen LogP contribution in [-0.4, -0.2) is 5.78 Å². The van der Waals surface area contributed by atoms with Crippen molar-refractivity contribution in [2.45, 2.75) is 12.6 Å². The molecule has 0 bridgehead atoms. The predicted molar refractivity (Wildman–Crippen MR) is 44.0 cm³/mol. The minimum atomic E-state index is -1.23. The minimum Gasteiger partial charge on any atom is -0.294 e. The molecule has 0 aliphatic heterocycles. The lowest BCUT2D eigenvalue weighted by Crippen LogP contribution is -1.95. The number of fused-ring (bicyclic) bond motifs is 1. The Kier molecular flexibility index (Phi) is 1.63. The number of halogens is 1. The SMILES string of the molecule is N#Cc1cccc2c1C(=O)CC2F. The molecule has 0 fully saturated rings. The van der Waals surface area contributed by atoms with Gasteiger partial charge in [0.1, 0.15) is 6.17 Å². The molecule has 0 amide bonds. The van der Waals surface area contributed by atoms with Gasteiger partial charge in [-0.1, -0.05) is 12.1 Å². The van der Waals surface area contributed by atoms with E-state index >= 15 is 0 Å². The normalized spacial score (nSPS) is 19.7. The molecule has 13 heavy (non-hydrogen) atoms. The van der Waals surface area contributed by atoms with E-state index in [-0.39, 0.29) is 23.3 Å². The number of benzene rings is 1. The Morgan fingerprint density at radius 3 is 3.00 bits per heavy atom. The van der Waals surface area contributed by atoms with Crippen molar-refractivity contribution in [1.29, 1.82) is 5.26 Å². The van der Waals surface area contributed by atoms with Crippen molar-refractivity contribution in [3.05, 3.63) is 34.9 Å². The third-order valence-electron chi connectivity index (χ3n) is 2.20. The van der Waals surface area contributed by atoms with Crippen LogP contribution in [0.15, 0.2) is 18.2 Å². The highest BCUT2D eigenvalue weighted by Gasteiger charge is 2.31. The van der Waals surface area contributed by atoms with Crippen LogP contribution in [0.3, 0.4) is 0 Å². The summed E-state index contributed by atoms with van der Waals surface area (Å²) < 4.78 is 13.2. The molecule has 0 radical (unpaired) electrons. The lowest BCUT2D eigenvalue weighted by molar-refractivity contribution is 0.0972. The van der Waals surface area contributed by atoms with Crippen molar-refractivity contribution in [3.63, 3.8) is 0 Å². The lowest BCUT2D eigenvalue weighted by Gasteiger charge is -1.99. The molecule has 1 aliphatic carbocycles. The van der Waals surface area contributed by atoms with Gasteiger partial charge in [0.25, 0.3) is 0 Å². The second kappa shape index (κ2) is 2.67. The first-order valence-electron chi connectivity index (χ1n) is 3.94. The first-order chi connectivity index (χ1) is 6.24. The van der Waals surface area contributed by atoms with Crippen molar-refractivity contribution in [1.82, 2.24) is 0 Å². The van der Waals surface area contributed by atoms with Gasteiger partial charge in [-0.05, 0) is 11.6 Å². The summed E-state index contributed by atoms with van der Waals surface area (Å²) in [6.45, 7) is 0. The molecule has 1 aromatic rings. The zero-order chi connectivity index (χ0) is 9.42. The average Bonchev–Trinajstić information content (AvgIpc) is 2.43. The maximum Gasteiger partial charge on any atom is 0.167 e. The molecule has 64 valence electrons. The highest BCUT2D eigenvalue weighted by Crippen LogP contribution is 2.35. The molecule has 1 aromatic carbocycles. The Morgan fingerprint density at radius 1 is 1.54 bits per heavy atom. The highest BCUT2D eigenvalue weighted by molar-refractivity contribution is 6.03. The van der Waals surface area contributed by atoms with Crippen LogP contribution in [0.4, 0.5) is 4.39 Å². The zero-order valence-electron chi connectivity index (χ0n) is 6.75. The smallest absolute Gasteiger partial charge is 0.167 e. The molecule has 0 heterocycles. The number of hydrogen-bond donors (Lipinski definition) is 0. The topological polar surface area (TPSA) is 40.9 Å². The molecule has 1 unspecified atom stereocenters. The fourth-order valence-corrected chi connectivity index (χ4v) is 1.61. The summed E-state index contributed by atoms with van der Waals surface area (Å²) in [5, 5.41) is 8.68. The molecule has 0 saturated heterocycles. The number of ketones is 1. The Bertz CT molecular complexity index is 419. The van der Waals surface area contributed by atoms with Crippen molar-refractivity contribution >= 4 is 5.78 Å². The molecule has 1 aliphatic rings. The fourth-order valence-electron chi connectivity index (χ4n) is 1.61. The van der Waals surface area contributed by atoms with E-state index in [0.29, 0.717) is 5.56 Å². The number of nitriles is 1. The number of carbonyl (C=O) groups excluding carboxylic acids is 1.